The quantitative estimate of drug-likeness (QED) is 0.554. The van der Waals surface area contributed by atoms with E-state index in [4.69, 9.17) is 21.6 Å². The summed E-state index contributed by atoms with van der Waals surface area (Å²) in [5.74, 6) is 0. The average Bonchev–Trinajstić information content (AvgIpc) is 3.04. The van der Waals surface area contributed by atoms with Gasteiger partial charge in [0, 0.05) is 16.4 Å². The van der Waals surface area contributed by atoms with Crippen molar-refractivity contribution in [2.45, 2.75) is 18.5 Å². The zero-order valence-corrected chi connectivity index (χ0v) is 17.7. The molecule has 2 aliphatic heterocycles. The molecule has 3 aromatic rings. The van der Waals surface area contributed by atoms with Crippen LogP contribution in [0.3, 0.4) is 0 Å². The molecular formula is C25H20ClN3O2. The minimum atomic E-state index is -0.543. The molecule has 0 bridgehead atoms. The van der Waals surface area contributed by atoms with Gasteiger partial charge in [0.05, 0.1) is 30.9 Å². The van der Waals surface area contributed by atoms with Crippen LogP contribution in [-0.2, 0) is 4.74 Å². The van der Waals surface area contributed by atoms with Gasteiger partial charge < -0.3 is 4.74 Å². The monoisotopic (exact) mass is 429 g/mol. The Balaban J connectivity index is 1.69. The maximum absolute atomic E-state index is 13.9. The largest absolute Gasteiger partial charge is 0.376 e. The Bertz CT molecular complexity index is 1180. The Morgan fingerprint density at radius 3 is 2.29 bits per heavy atom. The first-order valence-electron chi connectivity index (χ1n) is 10.1. The van der Waals surface area contributed by atoms with Gasteiger partial charge in [-0.15, -0.1) is 0 Å². The zero-order chi connectivity index (χ0) is 21.6. The van der Waals surface area contributed by atoms with Gasteiger partial charge in [-0.3, -0.25) is 9.80 Å². The number of nitrogens with zero attached hydrogens (tertiary/aromatic N) is 3. The van der Waals surface area contributed by atoms with Gasteiger partial charge in [-0.25, -0.2) is 4.79 Å². The number of aryl methyl sites for hydroxylation is 1. The summed E-state index contributed by atoms with van der Waals surface area (Å²) in [6.45, 7) is 2.91. The molecule has 3 aromatic carbocycles. The number of anilines is 2. The topological polar surface area (TPSA) is 56.6 Å². The normalized spacial score (nSPS) is 19.4. The number of carbonyl (C=O) groups excluding carboxylic acids is 1. The van der Waals surface area contributed by atoms with E-state index in [0.29, 0.717) is 23.8 Å². The Kier molecular flexibility index (Phi) is 4.70. The van der Waals surface area contributed by atoms with Crippen LogP contribution in [0.2, 0.25) is 5.02 Å². The van der Waals surface area contributed by atoms with E-state index < -0.39 is 5.54 Å². The summed E-state index contributed by atoms with van der Waals surface area (Å²) in [5.41, 5.74) is 3.73. The number of benzene rings is 3. The SMILES string of the molecule is Cc1cccc([C@H]2N(c3ccc(Cl)cc3)C(=O)N(c3ccc(C#N)cc3)C23COC3)c1. The second-order valence-electron chi connectivity index (χ2n) is 8.04. The van der Waals surface area contributed by atoms with E-state index in [2.05, 4.69) is 31.2 Å². The molecule has 2 saturated heterocycles. The lowest BCUT2D eigenvalue weighted by Crippen LogP contribution is -2.62. The molecule has 0 aliphatic carbocycles. The van der Waals surface area contributed by atoms with Gasteiger partial charge in [-0.05, 0) is 61.0 Å². The summed E-state index contributed by atoms with van der Waals surface area (Å²) in [6.07, 6.45) is 0. The Morgan fingerprint density at radius 1 is 1.03 bits per heavy atom. The van der Waals surface area contributed by atoms with Crippen molar-refractivity contribution in [2.24, 2.45) is 0 Å². The van der Waals surface area contributed by atoms with Gasteiger partial charge in [0.25, 0.3) is 0 Å². The third kappa shape index (κ3) is 3.07. The number of hydrogen-bond donors (Lipinski definition) is 0. The molecule has 0 saturated carbocycles. The maximum Gasteiger partial charge on any atom is 0.330 e. The van der Waals surface area contributed by atoms with Crippen LogP contribution in [0.25, 0.3) is 0 Å². The highest BCUT2D eigenvalue weighted by Crippen LogP contribution is 2.51. The maximum atomic E-state index is 13.9. The summed E-state index contributed by atoms with van der Waals surface area (Å²) < 4.78 is 5.70. The number of amides is 2. The molecule has 0 radical (unpaired) electrons. The lowest BCUT2D eigenvalue weighted by molar-refractivity contribution is -0.0580. The molecule has 154 valence electrons. The predicted molar refractivity (Wildman–Crippen MR) is 120 cm³/mol. The van der Waals surface area contributed by atoms with Crippen molar-refractivity contribution in [1.29, 1.82) is 5.26 Å². The third-order valence-corrected chi connectivity index (χ3v) is 6.28. The van der Waals surface area contributed by atoms with Gasteiger partial charge >= 0.3 is 6.03 Å². The summed E-state index contributed by atoms with van der Waals surface area (Å²) >= 11 is 6.12. The number of halogens is 1. The van der Waals surface area contributed by atoms with E-state index in [1.165, 1.54) is 0 Å². The number of urea groups is 1. The van der Waals surface area contributed by atoms with Gasteiger partial charge in [-0.2, -0.15) is 5.26 Å². The first-order valence-corrected chi connectivity index (χ1v) is 10.4. The average molecular weight is 430 g/mol. The van der Waals surface area contributed by atoms with Crippen molar-refractivity contribution in [3.05, 3.63) is 94.5 Å². The van der Waals surface area contributed by atoms with E-state index in [1.807, 2.05) is 40.1 Å². The molecule has 6 heteroatoms. The van der Waals surface area contributed by atoms with Crippen LogP contribution in [0.4, 0.5) is 16.2 Å². The molecule has 31 heavy (non-hydrogen) atoms. The van der Waals surface area contributed by atoms with Gasteiger partial charge in [0.1, 0.15) is 5.54 Å². The highest BCUT2D eigenvalue weighted by atomic mass is 35.5. The molecule has 1 spiro atoms. The van der Waals surface area contributed by atoms with Crippen molar-refractivity contribution < 1.29 is 9.53 Å². The lowest BCUT2D eigenvalue weighted by Gasteiger charge is -2.47. The molecule has 2 amide bonds. The molecule has 2 aliphatic rings. The molecule has 1 atom stereocenters. The molecule has 2 heterocycles. The van der Waals surface area contributed by atoms with Crippen LogP contribution in [0.15, 0.2) is 72.8 Å². The summed E-state index contributed by atoms with van der Waals surface area (Å²) in [6, 6.07) is 24.5. The third-order valence-electron chi connectivity index (χ3n) is 6.03. The smallest absolute Gasteiger partial charge is 0.330 e. The summed E-state index contributed by atoms with van der Waals surface area (Å²) in [5, 5.41) is 9.78. The highest BCUT2D eigenvalue weighted by molar-refractivity contribution is 6.30. The predicted octanol–water partition coefficient (Wildman–Crippen LogP) is 5.48. The Labute approximate surface area is 186 Å². The molecule has 5 nitrogen and oxygen atoms in total. The van der Waals surface area contributed by atoms with E-state index in [9.17, 15) is 4.79 Å². The van der Waals surface area contributed by atoms with Crippen molar-refractivity contribution >= 4 is 29.0 Å². The zero-order valence-electron chi connectivity index (χ0n) is 17.0. The van der Waals surface area contributed by atoms with Gasteiger partial charge in [0.2, 0.25) is 0 Å². The fourth-order valence-electron chi connectivity index (χ4n) is 4.58. The minimum absolute atomic E-state index is 0.123. The Morgan fingerprint density at radius 2 is 1.71 bits per heavy atom. The molecule has 5 rings (SSSR count). The number of nitriles is 1. The van der Waals surface area contributed by atoms with E-state index in [0.717, 1.165) is 22.5 Å². The summed E-state index contributed by atoms with van der Waals surface area (Å²) in [7, 11) is 0. The van der Waals surface area contributed by atoms with E-state index in [1.54, 1.807) is 24.3 Å². The molecule has 2 fully saturated rings. The number of hydrogen-bond acceptors (Lipinski definition) is 3. The van der Waals surface area contributed by atoms with E-state index >= 15 is 0 Å². The van der Waals surface area contributed by atoms with Crippen LogP contribution >= 0.6 is 11.6 Å². The van der Waals surface area contributed by atoms with Crippen molar-refractivity contribution in [2.75, 3.05) is 23.0 Å². The van der Waals surface area contributed by atoms with Gasteiger partial charge in [0.15, 0.2) is 0 Å². The van der Waals surface area contributed by atoms with Crippen molar-refractivity contribution in [1.82, 2.24) is 0 Å². The Hall–Kier alpha value is -3.33. The molecule has 0 N–H and O–H groups in total. The van der Waals surface area contributed by atoms with Crippen LogP contribution in [-0.4, -0.2) is 24.8 Å². The number of rotatable bonds is 3. The van der Waals surface area contributed by atoms with Crippen LogP contribution < -0.4 is 9.80 Å². The van der Waals surface area contributed by atoms with Crippen LogP contribution in [0.1, 0.15) is 22.7 Å². The van der Waals surface area contributed by atoms with E-state index in [-0.39, 0.29) is 12.1 Å². The van der Waals surface area contributed by atoms with Gasteiger partial charge in [-0.1, -0.05) is 41.4 Å². The van der Waals surface area contributed by atoms with Crippen molar-refractivity contribution in [3.63, 3.8) is 0 Å². The minimum Gasteiger partial charge on any atom is -0.376 e. The number of ether oxygens (including phenoxy) is 1. The number of carbonyl (C=O) groups is 1. The highest BCUT2D eigenvalue weighted by Gasteiger charge is 2.62. The molecule has 0 aromatic heterocycles. The molecular weight excluding hydrogens is 410 g/mol. The van der Waals surface area contributed by atoms with Crippen molar-refractivity contribution in [3.8, 4) is 6.07 Å². The fraction of sp³-hybridized carbons (Fsp3) is 0.200. The second kappa shape index (κ2) is 7.42. The fourth-order valence-corrected chi connectivity index (χ4v) is 4.71. The van der Waals surface area contributed by atoms with Crippen LogP contribution in [0.5, 0.6) is 0 Å². The second-order valence-corrected chi connectivity index (χ2v) is 8.47. The molecule has 0 unspecified atom stereocenters. The first kappa shape index (κ1) is 19.6. The summed E-state index contributed by atoms with van der Waals surface area (Å²) in [4.78, 5) is 17.6. The standard InChI is InChI=1S/C25H20ClN3O2/c1-17-3-2-4-19(13-17)23-25(15-31-16-25)29(22-9-5-18(14-27)6-10-22)24(30)28(23)21-11-7-20(26)8-12-21/h2-13,23H,15-16H2,1H3/t23-/m1/s1. The lowest BCUT2D eigenvalue weighted by atomic mass is 9.82. The van der Waals surface area contributed by atoms with Crippen LogP contribution in [0, 0.1) is 18.3 Å². The first-order chi connectivity index (χ1) is 15.0.